The highest BCUT2D eigenvalue weighted by Gasteiger charge is 2.22. The van der Waals surface area contributed by atoms with Crippen molar-refractivity contribution >= 4 is 54.7 Å². The highest BCUT2D eigenvalue weighted by atomic mass is 79.9. The predicted molar refractivity (Wildman–Crippen MR) is 114 cm³/mol. The smallest absolute Gasteiger partial charge is 0.262 e. The number of thiophene rings is 2. The van der Waals surface area contributed by atoms with Crippen LogP contribution in [-0.2, 0) is 19.4 Å². The summed E-state index contributed by atoms with van der Waals surface area (Å²) in [7, 11) is 0. The van der Waals surface area contributed by atoms with Crippen LogP contribution in [0.3, 0.4) is 0 Å². The first kappa shape index (κ1) is 18.8. The molecule has 0 bridgehead atoms. The van der Waals surface area contributed by atoms with Gasteiger partial charge in [-0.3, -0.25) is 14.2 Å². The first-order valence-electron chi connectivity index (χ1n) is 9.10. The van der Waals surface area contributed by atoms with E-state index in [1.807, 2.05) is 17.6 Å². The lowest BCUT2D eigenvalue weighted by atomic mass is 10.2. The molecule has 0 aromatic carbocycles. The number of aromatic nitrogens is 2. The van der Waals surface area contributed by atoms with Crippen molar-refractivity contribution in [2.45, 2.75) is 45.6 Å². The molecule has 0 radical (unpaired) electrons. The van der Waals surface area contributed by atoms with E-state index in [1.54, 1.807) is 11.3 Å². The van der Waals surface area contributed by atoms with E-state index in [0.29, 0.717) is 21.6 Å². The minimum absolute atomic E-state index is 0.00753. The molecule has 1 N–H and O–H groups in total. The highest BCUT2D eigenvalue weighted by Crippen LogP contribution is 2.28. The van der Waals surface area contributed by atoms with Crippen molar-refractivity contribution in [1.82, 2.24) is 14.9 Å². The summed E-state index contributed by atoms with van der Waals surface area (Å²) in [6, 6.07) is 4.07. The van der Waals surface area contributed by atoms with E-state index in [1.165, 1.54) is 16.2 Å². The fourth-order valence-corrected chi connectivity index (χ4v) is 6.08. The number of nitrogens with one attached hydrogen (secondary N) is 1. The molecule has 27 heavy (non-hydrogen) atoms. The summed E-state index contributed by atoms with van der Waals surface area (Å²) >= 11 is 6.46. The van der Waals surface area contributed by atoms with Crippen molar-refractivity contribution in [2.24, 2.45) is 0 Å². The average molecular weight is 466 g/mol. The van der Waals surface area contributed by atoms with Crippen molar-refractivity contribution in [2.75, 3.05) is 6.54 Å². The molecule has 142 valence electrons. The van der Waals surface area contributed by atoms with Crippen LogP contribution in [0.5, 0.6) is 0 Å². The third kappa shape index (κ3) is 3.75. The first-order valence-corrected chi connectivity index (χ1v) is 11.5. The molecule has 0 saturated heterocycles. The largest absolute Gasteiger partial charge is 0.351 e. The Bertz CT molecular complexity index is 1070. The highest BCUT2D eigenvalue weighted by molar-refractivity contribution is 9.11. The number of rotatable bonds is 4. The Morgan fingerprint density at radius 2 is 2.15 bits per heavy atom. The van der Waals surface area contributed by atoms with Gasteiger partial charge in [-0.15, -0.1) is 22.7 Å². The van der Waals surface area contributed by atoms with E-state index < -0.39 is 0 Å². The zero-order valence-electron chi connectivity index (χ0n) is 15.0. The SMILES string of the molecule is Cc1c(C(=O)NCCc2ccc(Br)s2)sc2nc3n(c(=O)c12)CCCCC3. The van der Waals surface area contributed by atoms with Crippen molar-refractivity contribution in [3.8, 4) is 0 Å². The van der Waals surface area contributed by atoms with Crippen LogP contribution < -0.4 is 10.9 Å². The van der Waals surface area contributed by atoms with Gasteiger partial charge in [0.15, 0.2) is 0 Å². The van der Waals surface area contributed by atoms with Crippen LogP contribution in [0.2, 0.25) is 0 Å². The summed E-state index contributed by atoms with van der Waals surface area (Å²) in [4.78, 5) is 32.9. The van der Waals surface area contributed by atoms with Gasteiger partial charge in [-0.1, -0.05) is 6.42 Å². The number of hydrogen-bond donors (Lipinski definition) is 1. The zero-order chi connectivity index (χ0) is 19.0. The third-order valence-electron chi connectivity index (χ3n) is 4.90. The molecule has 5 nitrogen and oxygen atoms in total. The second-order valence-electron chi connectivity index (χ2n) is 6.74. The Kier molecular flexibility index (Phi) is 5.48. The van der Waals surface area contributed by atoms with Gasteiger partial charge in [-0.05, 0) is 59.8 Å². The number of hydrogen-bond acceptors (Lipinski definition) is 5. The minimum atomic E-state index is -0.120. The standard InChI is InChI=1S/C19H20BrN3O2S2/c1-11-15-18(22-14-5-3-2-4-10-23(14)19(15)25)27-16(11)17(24)21-9-8-12-6-7-13(20)26-12/h6-7H,2-5,8-10H2,1H3,(H,21,24). The normalized spacial score (nSPS) is 14.1. The van der Waals surface area contributed by atoms with E-state index >= 15 is 0 Å². The van der Waals surface area contributed by atoms with E-state index in [-0.39, 0.29) is 11.5 Å². The van der Waals surface area contributed by atoms with Crippen molar-refractivity contribution in [3.05, 3.63) is 47.4 Å². The molecule has 1 amide bonds. The molecule has 8 heteroatoms. The first-order chi connectivity index (χ1) is 13.0. The average Bonchev–Trinajstić information content (AvgIpc) is 3.10. The maximum Gasteiger partial charge on any atom is 0.262 e. The molecule has 1 aliphatic rings. The Hall–Kier alpha value is -1.51. The minimum Gasteiger partial charge on any atom is -0.351 e. The topological polar surface area (TPSA) is 64.0 Å². The maximum absolute atomic E-state index is 13.0. The van der Waals surface area contributed by atoms with Crippen LogP contribution in [-0.4, -0.2) is 22.0 Å². The number of amides is 1. The lowest BCUT2D eigenvalue weighted by molar-refractivity contribution is 0.0958. The molecule has 0 fully saturated rings. The van der Waals surface area contributed by atoms with Gasteiger partial charge in [0.25, 0.3) is 11.5 Å². The Balaban J connectivity index is 1.58. The van der Waals surface area contributed by atoms with E-state index in [9.17, 15) is 9.59 Å². The van der Waals surface area contributed by atoms with Gasteiger partial charge in [0.1, 0.15) is 10.7 Å². The molecule has 0 saturated carbocycles. The number of carbonyl (C=O) groups is 1. The molecular weight excluding hydrogens is 446 g/mol. The number of aryl methyl sites for hydroxylation is 2. The Morgan fingerprint density at radius 1 is 1.30 bits per heavy atom. The summed E-state index contributed by atoms with van der Waals surface area (Å²) in [5.74, 6) is 0.743. The van der Waals surface area contributed by atoms with Crippen LogP contribution in [0.15, 0.2) is 20.7 Å². The number of carbonyl (C=O) groups excluding carboxylic acids is 1. The van der Waals surface area contributed by atoms with Gasteiger partial charge in [-0.2, -0.15) is 0 Å². The second-order valence-corrected chi connectivity index (χ2v) is 10.3. The van der Waals surface area contributed by atoms with Gasteiger partial charge in [0, 0.05) is 24.4 Å². The molecule has 0 atom stereocenters. The van der Waals surface area contributed by atoms with E-state index in [0.717, 1.165) is 53.8 Å². The Morgan fingerprint density at radius 3 is 2.93 bits per heavy atom. The fourth-order valence-electron chi connectivity index (χ4n) is 3.49. The van der Waals surface area contributed by atoms with Gasteiger partial charge in [-0.25, -0.2) is 4.98 Å². The summed E-state index contributed by atoms with van der Waals surface area (Å²) in [6.07, 6.45) is 4.83. The van der Waals surface area contributed by atoms with Crippen LogP contribution in [0, 0.1) is 6.92 Å². The molecule has 4 heterocycles. The van der Waals surface area contributed by atoms with Crippen LogP contribution in [0.4, 0.5) is 0 Å². The molecular formula is C19H20BrN3O2S2. The van der Waals surface area contributed by atoms with Crippen molar-refractivity contribution < 1.29 is 4.79 Å². The fraction of sp³-hybridized carbons (Fsp3) is 0.421. The summed E-state index contributed by atoms with van der Waals surface area (Å²) in [5, 5.41) is 3.59. The molecule has 1 aliphatic heterocycles. The van der Waals surface area contributed by atoms with E-state index in [2.05, 4.69) is 27.3 Å². The molecule has 4 rings (SSSR count). The Labute approximate surface area is 173 Å². The molecule has 0 aliphatic carbocycles. The maximum atomic E-state index is 13.0. The molecule has 0 unspecified atom stereocenters. The molecule has 3 aromatic heterocycles. The van der Waals surface area contributed by atoms with Gasteiger partial charge < -0.3 is 5.32 Å². The molecule has 3 aromatic rings. The molecule has 0 spiro atoms. The number of fused-ring (bicyclic) bond motifs is 2. The summed E-state index contributed by atoms with van der Waals surface area (Å²) < 4.78 is 2.90. The zero-order valence-corrected chi connectivity index (χ0v) is 18.2. The van der Waals surface area contributed by atoms with Crippen LogP contribution >= 0.6 is 38.6 Å². The summed E-state index contributed by atoms with van der Waals surface area (Å²) in [6.45, 7) is 3.16. The quantitative estimate of drug-likeness (QED) is 0.624. The third-order valence-corrected chi connectivity index (χ3v) is 7.77. The second kappa shape index (κ2) is 7.85. The monoisotopic (exact) mass is 465 g/mol. The van der Waals surface area contributed by atoms with Crippen LogP contribution in [0.1, 0.15) is 45.2 Å². The van der Waals surface area contributed by atoms with Gasteiger partial charge in [0.2, 0.25) is 0 Å². The van der Waals surface area contributed by atoms with Crippen molar-refractivity contribution in [3.63, 3.8) is 0 Å². The number of nitrogens with zero attached hydrogens (tertiary/aromatic N) is 2. The van der Waals surface area contributed by atoms with E-state index in [4.69, 9.17) is 4.98 Å². The van der Waals surface area contributed by atoms with Crippen molar-refractivity contribution in [1.29, 1.82) is 0 Å². The van der Waals surface area contributed by atoms with Gasteiger partial charge >= 0.3 is 0 Å². The predicted octanol–water partition coefficient (Wildman–Crippen LogP) is 4.29. The van der Waals surface area contributed by atoms with Gasteiger partial charge in [0.05, 0.1) is 14.0 Å². The number of halogens is 1. The lowest BCUT2D eigenvalue weighted by Crippen LogP contribution is -2.26. The van der Waals surface area contributed by atoms with Crippen LogP contribution in [0.25, 0.3) is 10.2 Å². The lowest BCUT2D eigenvalue weighted by Gasteiger charge is -2.08. The summed E-state index contributed by atoms with van der Waals surface area (Å²) in [5.41, 5.74) is 0.761.